The quantitative estimate of drug-likeness (QED) is 0.784. The Labute approximate surface area is 126 Å². The van der Waals surface area contributed by atoms with Crippen molar-refractivity contribution in [2.75, 3.05) is 31.1 Å². The Kier molecular flexibility index (Phi) is 3.67. The Morgan fingerprint density at radius 1 is 1.05 bits per heavy atom. The fourth-order valence-electron chi connectivity index (χ4n) is 2.47. The molecule has 2 aliphatic heterocycles. The van der Waals surface area contributed by atoms with E-state index in [2.05, 4.69) is 20.2 Å². The molecule has 1 aromatic heterocycles. The van der Waals surface area contributed by atoms with Gasteiger partial charge in [0, 0.05) is 32.4 Å². The van der Waals surface area contributed by atoms with Crippen LogP contribution in [-0.4, -0.2) is 54.5 Å². The third kappa shape index (κ3) is 2.77. The van der Waals surface area contributed by atoms with Crippen LogP contribution in [0.1, 0.15) is 27.7 Å². The molecule has 2 fully saturated rings. The number of hydrogen-bond donors (Lipinski definition) is 1. The zero-order valence-corrected chi connectivity index (χ0v) is 13.2. The second-order valence-electron chi connectivity index (χ2n) is 6.62. The summed E-state index contributed by atoms with van der Waals surface area (Å²) in [6.45, 7) is 12.0. The number of rotatable bonds is 2. The predicted octanol–water partition coefficient (Wildman–Crippen LogP) is 0.185. The first kappa shape index (κ1) is 14.7. The minimum absolute atomic E-state index is 0.351. The minimum atomic E-state index is -0.445. The van der Waals surface area contributed by atoms with Gasteiger partial charge >= 0.3 is 7.12 Å². The van der Waals surface area contributed by atoms with Crippen LogP contribution in [-0.2, 0) is 9.31 Å². The zero-order valence-electron chi connectivity index (χ0n) is 13.2. The number of nitrogens with one attached hydrogen (secondary N) is 1. The summed E-state index contributed by atoms with van der Waals surface area (Å²) >= 11 is 0. The van der Waals surface area contributed by atoms with Gasteiger partial charge in [0.2, 0.25) is 0 Å². The van der Waals surface area contributed by atoms with E-state index < -0.39 is 7.12 Å². The van der Waals surface area contributed by atoms with Gasteiger partial charge in [0.15, 0.2) is 0 Å². The van der Waals surface area contributed by atoms with Crippen LogP contribution in [0.15, 0.2) is 12.4 Å². The van der Waals surface area contributed by atoms with E-state index in [-0.39, 0.29) is 11.2 Å². The number of anilines is 1. The third-order valence-electron chi connectivity index (χ3n) is 4.59. The summed E-state index contributed by atoms with van der Waals surface area (Å²) in [6, 6.07) is 0. The van der Waals surface area contributed by atoms with E-state index in [4.69, 9.17) is 9.31 Å². The van der Waals surface area contributed by atoms with Crippen molar-refractivity contribution in [1.29, 1.82) is 0 Å². The molecule has 0 aromatic carbocycles. The van der Waals surface area contributed by atoms with Gasteiger partial charge in [-0.3, -0.25) is 4.98 Å². The molecule has 114 valence electrons. The van der Waals surface area contributed by atoms with Crippen LogP contribution in [0.25, 0.3) is 0 Å². The summed E-state index contributed by atoms with van der Waals surface area (Å²) in [6.07, 6.45) is 3.57. The summed E-state index contributed by atoms with van der Waals surface area (Å²) in [5.41, 5.74) is 0.0279. The van der Waals surface area contributed by atoms with Gasteiger partial charge < -0.3 is 19.5 Å². The summed E-state index contributed by atoms with van der Waals surface area (Å²) < 4.78 is 12.0. The molecule has 2 aliphatic rings. The topological polar surface area (TPSA) is 59.5 Å². The molecular formula is C14H23BN4O2. The van der Waals surface area contributed by atoms with Crippen molar-refractivity contribution in [3.63, 3.8) is 0 Å². The molecular weight excluding hydrogens is 267 g/mol. The third-order valence-corrected chi connectivity index (χ3v) is 4.59. The molecule has 3 rings (SSSR count). The van der Waals surface area contributed by atoms with E-state index in [1.165, 1.54) is 0 Å². The van der Waals surface area contributed by atoms with E-state index in [0.717, 1.165) is 37.6 Å². The molecule has 0 unspecified atom stereocenters. The Hall–Kier alpha value is -1.18. The van der Waals surface area contributed by atoms with Crippen molar-refractivity contribution in [3.05, 3.63) is 12.4 Å². The molecule has 2 saturated heterocycles. The fraction of sp³-hybridized carbons (Fsp3) is 0.714. The van der Waals surface area contributed by atoms with E-state index in [9.17, 15) is 0 Å². The smallest absolute Gasteiger partial charge is 0.398 e. The van der Waals surface area contributed by atoms with Crippen molar-refractivity contribution in [2.24, 2.45) is 0 Å². The first-order valence-electron chi connectivity index (χ1n) is 7.52. The second-order valence-corrected chi connectivity index (χ2v) is 6.62. The summed E-state index contributed by atoms with van der Waals surface area (Å²) in [7, 11) is -0.445. The van der Waals surface area contributed by atoms with Crippen molar-refractivity contribution >= 4 is 18.5 Å². The highest BCUT2D eigenvalue weighted by Gasteiger charge is 2.52. The van der Waals surface area contributed by atoms with E-state index >= 15 is 0 Å². The molecule has 1 N–H and O–H groups in total. The van der Waals surface area contributed by atoms with Gasteiger partial charge in [0.05, 0.1) is 23.0 Å². The fourth-order valence-corrected chi connectivity index (χ4v) is 2.47. The molecule has 0 aliphatic carbocycles. The first-order valence-corrected chi connectivity index (χ1v) is 7.52. The zero-order chi connectivity index (χ0) is 15.1. The number of aromatic nitrogens is 2. The van der Waals surface area contributed by atoms with E-state index in [1.807, 2.05) is 33.9 Å². The molecule has 21 heavy (non-hydrogen) atoms. The number of hydrogen-bond acceptors (Lipinski definition) is 6. The second kappa shape index (κ2) is 5.23. The highest BCUT2D eigenvalue weighted by molar-refractivity contribution is 6.61. The van der Waals surface area contributed by atoms with E-state index in [0.29, 0.717) is 0 Å². The lowest BCUT2D eigenvalue weighted by molar-refractivity contribution is 0.00578. The molecule has 0 atom stereocenters. The standard InChI is InChI=1S/C14H23BN4O2/c1-13(2)14(3,4)21-15(20-13)11-9-18-12(10-17-11)19-7-5-16-6-8-19/h9-10,16H,5-8H2,1-4H3. The number of piperazine rings is 1. The van der Waals surface area contributed by atoms with Gasteiger partial charge in [0.25, 0.3) is 0 Å². The van der Waals surface area contributed by atoms with Gasteiger partial charge in [-0.05, 0) is 27.7 Å². The van der Waals surface area contributed by atoms with Crippen molar-refractivity contribution in [3.8, 4) is 0 Å². The molecule has 7 heteroatoms. The van der Waals surface area contributed by atoms with Crippen LogP contribution in [0.5, 0.6) is 0 Å². The van der Waals surface area contributed by atoms with Crippen LogP contribution < -0.4 is 15.8 Å². The lowest BCUT2D eigenvalue weighted by Gasteiger charge is -2.32. The highest BCUT2D eigenvalue weighted by Crippen LogP contribution is 2.36. The van der Waals surface area contributed by atoms with Crippen LogP contribution in [0.4, 0.5) is 5.82 Å². The van der Waals surface area contributed by atoms with Crippen molar-refractivity contribution in [2.45, 2.75) is 38.9 Å². The number of nitrogens with zero attached hydrogens (tertiary/aromatic N) is 3. The monoisotopic (exact) mass is 290 g/mol. The molecule has 0 bridgehead atoms. The summed E-state index contributed by atoms with van der Waals surface area (Å²) in [5.74, 6) is 0.914. The van der Waals surface area contributed by atoms with Gasteiger partial charge in [-0.1, -0.05) is 0 Å². The summed E-state index contributed by atoms with van der Waals surface area (Å²) in [5, 5.41) is 3.33. The Balaban J connectivity index is 1.73. The maximum absolute atomic E-state index is 5.99. The molecule has 0 amide bonds. The Bertz CT molecular complexity index is 484. The molecule has 0 saturated carbocycles. The first-order chi connectivity index (χ1) is 9.89. The van der Waals surface area contributed by atoms with E-state index in [1.54, 1.807) is 6.20 Å². The molecule has 0 spiro atoms. The molecule has 0 radical (unpaired) electrons. The Morgan fingerprint density at radius 2 is 1.67 bits per heavy atom. The van der Waals surface area contributed by atoms with Crippen molar-refractivity contribution < 1.29 is 9.31 Å². The lowest BCUT2D eigenvalue weighted by Crippen LogP contribution is -2.44. The largest absolute Gasteiger partial charge is 0.516 e. The van der Waals surface area contributed by atoms with Crippen LogP contribution in [0.3, 0.4) is 0 Å². The molecule has 6 nitrogen and oxygen atoms in total. The summed E-state index contributed by atoms with van der Waals surface area (Å²) in [4.78, 5) is 11.2. The van der Waals surface area contributed by atoms with Crippen molar-refractivity contribution in [1.82, 2.24) is 15.3 Å². The maximum atomic E-state index is 5.99. The van der Waals surface area contributed by atoms with Gasteiger partial charge in [0.1, 0.15) is 5.82 Å². The van der Waals surface area contributed by atoms with Crippen LogP contribution in [0, 0.1) is 0 Å². The van der Waals surface area contributed by atoms with Crippen LogP contribution in [0.2, 0.25) is 0 Å². The van der Waals surface area contributed by atoms with Gasteiger partial charge in [-0.25, -0.2) is 4.98 Å². The molecule has 3 heterocycles. The highest BCUT2D eigenvalue weighted by atomic mass is 16.7. The van der Waals surface area contributed by atoms with Gasteiger partial charge in [-0.15, -0.1) is 0 Å². The minimum Gasteiger partial charge on any atom is -0.398 e. The van der Waals surface area contributed by atoms with Crippen LogP contribution >= 0.6 is 0 Å². The average Bonchev–Trinajstić information content (AvgIpc) is 2.69. The normalized spacial score (nSPS) is 24.4. The molecule has 1 aromatic rings. The maximum Gasteiger partial charge on any atom is 0.516 e. The average molecular weight is 290 g/mol. The Morgan fingerprint density at radius 3 is 2.19 bits per heavy atom. The van der Waals surface area contributed by atoms with Gasteiger partial charge in [-0.2, -0.15) is 0 Å². The lowest BCUT2D eigenvalue weighted by atomic mass is 9.85. The predicted molar refractivity (Wildman–Crippen MR) is 82.8 cm³/mol. The SMILES string of the molecule is CC1(C)OB(c2cnc(N3CCNCC3)cn2)OC1(C)C.